The molecule has 7 heteroatoms. The number of carbonyl (C=O) groups excluding carboxylic acids is 2. The standard InChI is InChI=1S/C11H12ClN3O2S/c1-7(16)18-6-8-4-9(17)15(5-8)11-10(12)13-2-3-14-11/h2-3,8H,4-6H2,1H3. The molecular formula is C11H12ClN3O2S. The van der Waals surface area contributed by atoms with Crippen LogP contribution in [0.2, 0.25) is 5.15 Å². The van der Waals surface area contributed by atoms with Crippen LogP contribution in [0.5, 0.6) is 0 Å². The maximum Gasteiger partial charge on any atom is 0.228 e. The van der Waals surface area contributed by atoms with Gasteiger partial charge < -0.3 is 0 Å². The number of thioether (sulfide) groups is 1. The monoisotopic (exact) mass is 285 g/mol. The number of rotatable bonds is 3. The van der Waals surface area contributed by atoms with Crippen LogP contribution in [0.3, 0.4) is 0 Å². The van der Waals surface area contributed by atoms with Crippen molar-refractivity contribution in [2.24, 2.45) is 5.92 Å². The zero-order chi connectivity index (χ0) is 13.1. The molecule has 5 nitrogen and oxygen atoms in total. The molecule has 1 unspecified atom stereocenters. The van der Waals surface area contributed by atoms with Crippen LogP contribution in [0, 0.1) is 5.92 Å². The number of anilines is 1. The van der Waals surface area contributed by atoms with Crippen molar-refractivity contribution in [1.82, 2.24) is 9.97 Å². The molecule has 1 fully saturated rings. The molecule has 0 radical (unpaired) electrons. The number of hydrogen-bond acceptors (Lipinski definition) is 5. The van der Waals surface area contributed by atoms with Gasteiger partial charge in [0, 0.05) is 38.0 Å². The van der Waals surface area contributed by atoms with Crippen molar-refractivity contribution in [2.45, 2.75) is 13.3 Å². The van der Waals surface area contributed by atoms with Crippen LogP contribution in [-0.4, -0.2) is 33.3 Å². The van der Waals surface area contributed by atoms with Gasteiger partial charge in [-0.3, -0.25) is 14.5 Å². The Morgan fingerprint density at radius 2 is 2.28 bits per heavy atom. The summed E-state index contributed by atoms with van der Waals surface area (Å²) in [4.78, 5) is 32.3. The molecule has 18 heavy (non-hydrogen) atoms. The smallest absolute Gasteiger partial charge is 0.228 e. The van der Waals surface area contributed by atoms with E-state index in [1.807, 2.05) is 0 Å². The van der Waals surface area contributed by atoms with Gasteiger partial charge >= 0.3 is 0 Å². The molecule has 0 aliphatic carbocycles. The van der Waals surface area contributed by atoms with Crippen LogP contribution >= 0.6 is 23.4 Å². The van der Waals surface area contributed by atoms with Crippen LogP contribution in [0.4, 0.5) is 5.82 Å². The van der Waals surface area contributed by atoms with Crippen molar-refractivity contribution >= 4 is 40.2 Å². The summed E-state index contributed by atoms with van der Waals surface area (Å²) in [5.74, 6) is 1.19. The van der Waals surface area contributed by atoms with Gasteiger partial charge in [0.05, 0.1) is 0 Å². The molecule has 1 amide bonds. The van der Waals surface area contributed by atoms with E-state index < -0.39 is 0 Å². The lowest BCUT2D eigenvalue weighted by Crippen LogP contribution is -2.26. The van der Waals surface area contributed by atoms with E-state index in [2.05, 4.69) is 9.97 Å². The van der Waals surface area contributed by atoms with E-state index in [9.17, 15) is 9.59 Å². The topological polar surface area (TPSA) is 63.2 Å². The van der Waals surface area contributed by atoms with Gasteiger partial charge in [-0.05, 0) is 5.92 Å². The Labute approximate surface area is 114 Å². The van der Waals surface area contributed by atoms with Gasteiger partial charge in [-0.2, -0.15) is 0 Å². The summed E-state index contributed by atoms with van der Waals surface area (Å²) < 4.78 is 0. The van der Waals surface area contributed by atoms with Crippen molar-refractivity contribution in [3.8, 4) is 0 Å². The number of nitrogens with zero attached hydrogens (tertiary/aromatic N) is 3. The van der Waals surface area contributed by atoms with Gasteiger partial charge in [0.1, 0.15) is 0 Å². The van der Waals surface area contributed by atoms with E-state index in [0.717, 1.165) is 0 Å². The van der Waals surface area contributed by atoms with E-state index in [-0.39, 0.29) is 22.1 Å². The fraction of sp³-hybridized carbons (Fsp3) is 0.455. The zero-order valence-corrected chi connectivity index (χ0v) is 11.4. The number of hydrogen-bond donors (Lipinski definition) is 0. The summed E-state index contributed by atoms with van der Waals surface area (Å²) in [6, 6.07) is 0. The Bertz CT molecular complexity index is 483. The number of amides is 1. The molecular weight excluding hydrogens is 274 g/mol. The molecule has 0 saturated carbocycles. The largest absolute Gasteiger partial charge is 0.294 e. The van der Waals surface area contributed by atoms with Crippen LogP contribution < -0.4 is 4.90 Å². The fourth-order valence-electron chi connectivity index (χ4n) is 1.83. The Kier molecular flexibility index (Phi) is 4.19. The number of halogens is 1. The average molecular weight is 286 g/mol. The second kappa shape index (κ2) is 5.67. The summed E-state index contributed by atoms with van der Waals surface area (Å²) in [5.41, 5.74) is 0. The quantitative estimate of drug-likeness (QED) is 0.847. The van der Waals surface area contributed by atoms with Gasteiger partial charge in [0.25, 0.3) is 0 Å². The van der Waals surface area contributed by atoms with Crippen molar-refractivity contribution in [3.63, 3.8) is 0 Å². The molecule has 1 saturated heterocycles. The molecule has 96 valence electrons. The summed E-state index contributed by atoms with van der Waals surface area (Å²) in [6.45, 7) is 2.07. The Morgan fingerprint density at radius 1 is 1.56 bits per heavy atom. The average Bonchev–Trinajstić information content (AvgIpc) is 2.69. The van der Waals surface area contributed by atoms with Crippen LogP contribution in [-0.2, 0) is 9.59 Å². The lowest BCUT2D eigenvalue weighted by molar-refractivity contribution is -0.117. The molecule has 0 N–H and O–H groups in total. The first-order valence-corrected chi connectivity index (χ1v) is 6.84. The lowest BCUT2D eigenvalue weighted by Gasteiger charge is -2.15. The summed E-state index contributed by atoms with van der Waals surface area (Å²) in [5, 5.41) is 0.296. The molecule has 0 spiro atoms. The van der Waals surface area contributed by atoms with Gasteiger partial charge in [0.2, 0.25) is 5.91 Å². The highest BCUT2D eigenvalue weighted by Crippen LogP contribution is 2.29. The highest BCUT2D eigenvalue weighted by Gasteiger charge is 2.32. The highest BCUT2D eigenvalue weighted by atomic mass is 35.5. The minimum atomic E-state index is -0.0217. The first-order chi connectivity index (χ1) is 8.58. The molecule has 2 heterocycles. The molecule has 0 bridgehead atoms. The first-order valence-electron chi connectivity index (χ1n) is 5.48. The van der Waals surface area contributed by atoms with Crippen molar-refractivity contribution in [2.75, 3.05) is 17.2 Å². The minimum absolute atomic E-state index is 0.0217. The van der Waals surface area contributed by atoms with Gasteiger partial charge in [0.15, 0.2) is 16.1 Å². The van der Waals surface area contributed by atoms with Crippen molar-refractivity contribution < 1.29 is 9.59 Å². The molecule has 1 aliphatic rings. The second-order valence-electron chi connectivity index (χ2n) is 4.05. The van der Waals surface area contributed by atoms with Crippen molar-refractivity contribution in [1.29, 1.82) is 0 Å². The third-order valence-corrected chi connectivity index (χ3v) is 3.93. The third-order valence-electron chi connectivity index (χ3n) is 2.62. The third kappa shape index (κ3) is 3.00. The molecule has 1 atom stereocenters. The SMILES string of the molecule is CC(=O)SCC1CC(=O)N(c2nccnc2Cl)C1. The summed E-state index contributed by atoms with van der Waals surface area (Å²) >= 11 is 7.16. The molecule has 1 aliphatic heterocycles. The van der Waals surface area contributed by atoms with Crippen LogP contribution in [0.15, 0.2) is 12.4 Å². The summed E-state index contributed by atoms with van der Waals surface area (Å²) in [7, 11) is 0. The minimum Gasteiger partial charge on any atom is -0.294 e. The Balaban J connectivity index is 2.06. The number of carbonyl (C=O) groups is 2. The van der Waals surface area contributed by atoms with E-state index in [0.29, 0.717) is 24.5 Å². The highest BCUT2D eigenvalue weighted by molar-refractivity contribution is 8.13. The predicted molar refractivity (Wildman–Crippen MR) is 70.6 cm³/mol. The van der Waals surface area contributed by atoms with E-state index >= 15 is 0 Å². The van der Waals surface area contributed by atoms with Crippen LogP contribution in [0.25, 0.3) is 0 Å². The van der Waals surface area contributed by atoms with Crippen molar-refractivity contribution in [3.05, 3.63) is 17.5 Å². The second-order valence-corrected chi connectivity index (χ2v) is 5.60. The summed E-state index contributed by atoms with van der Waals surface area (Å²) in [6.07, 6.45) is 3.41. The predicted octanol–water partition coefficient (Wildman–Crippen LogP) is 1.76. The molecule has 0 aromatic carbocycles. The molecule has 1 aromatic rings. The van der Waals surface area contributed by atoms with Gasteiger partial charge in [-0.25, -0.2) is 9.97 Å². The van der Waals surface area contributed by atoms with E-state index in [4.69, 9.17) is 11.6 Å². The van der Waals surface area contributed by atoms with Gasteiger partial charge in [-0.15, -0.1) is 0 Å². The lowest BCUT2D eigenvalue weighted by atomic mass is 10.1. The maximum absolute atomic E-state index is 11.9. The zero-order valence-electron chi connectivity index (χ0n) is 9.80. The maximum atomic E-state index is 11.9. The van der Waals surface area contributed by atoms with E-state index in [1.54, 1.807) is 4.90 Å². The first kappa shape index (κ1) is 13.3. The van der Waals surface area contributed by atoms with Gasteiger partial charge in [-0.1, -0.05) is 23.4 Å². The number of aromatic nitrogens is 2. The van der Waals surface area contributed by atoms with Crippen LogP contribution in [0.1, 0.15) is 13.3 Å². The Hall–Kier alpha value is -1.14. The Morgan fingerprint density at radius 3 is 2.94 bits per heavy atom. The molecule has 1 aromatic heterocycles. The fourth-order valence-corrected chi connectivity index (χ4v) is 2.73. The normalized spacial score (nSPS) is 19.3. The van der Waals surface area contributed by atoms with E-state index in [1.165, 1.54) is 31.1 Å². The molecule has 2 rings (SSSR count).